The number of aliphatic hydroxyl groups excluding tert-OH is 1. The molecule has 2 aromatic rings. The highest BCUT2D eigenvalue weighted by Gasteiger charge is 2.27. The number of amides is 1. The smallest absolute Gasteiger partial charge is 0.233 e. The van der Waals surface area contributed by atoms with Gasteiger partial charge in [-0.3, -0.25) is 4.79 Å². The summed E-state index contributed by atoms with van der Waals surface area (Å²) in [6.07, 6.45) is 6.00. The van der Waals surface area contributed by atoms with Gasteiger partial charge in [-0.15, -0.1) is 11.8 Å². The van der Waals surface area contributed by atoms with Crippen LogP contribution in [0.3, 0.4) is 0 Å². The number of carbonyl (C=O) groups excluding carboxylic acids is 1. The predicted molar refractivity (Wildman–Crippen MR) is 109 cm³/mol. The van der Waals surface area contributed by atoms with Gasteiger partial charge in [0, 0.05) is 28.0 Å². The van der Waals surface area contributed by atoms with E-state index in [-0.39, 0.29) is 23.3 Å². The second-order valence-corrected chi connectivity index (χ2v) is 9.15. The third kappa shape index (κ3) is 4.63. The molecule has 5 heteroatoms. The molecule has 1 aliphatic rings. The lowest BCUT2D eigenvalue weighted by Gasteiger charge is -2.28. The Morgan fingerprint density at radius 3 is 2.73 bits per heavy atom. The van der Waals surface area contributed by atoms with Crippen LogP contribution in [0.5, 0.6) is 0 Å². The number of aromatic amines is 1. The Labute approximate surface area is 160 Å². The predicted octanol–water partition coefficient (Wildman–Crippen LogP) is 4.40. The van der Waals surface area contributed by atoms with Crippen molar-refractivity contribution in [3.05, 3.63) is 30.0 Å². The zero-order valence-corrected chi connectivity index (χ0v) is 16.7. The van der Waals surface area contributed by atoms with Crippen LogP contribution in [0.4, 0.5) is 0 Å². The van der Waals surface area contributed by atoms with Crippen molar-refractivity contribution in [2.24, 2.45) is 5.92 Å². The van der Waals surface area contributed by atoms with Crippen molar-refractivity contribution in [1.82, 2.24) is 10.3 Å². The number of benzene rings is 1. The fourth-order valence-corrected chi connectivity index (χ4v) is 5.21. The molecule has 26 heavy (non-hydrogen) atoms. The first kappa shape index (κ1) is 19.3. The number of aromatic nitrogens is 1. The van der Waals surface area contributed by atoms with Crippen LogP contribution in [0.2, 0.25) is 0 Å². The van der Waals surface area contributed by atoms with Crippen molar-refractivity contribution < 1.29 is 9.90 Å². The molecule has 0 radical (unpaired) electrons. The number of H-pyrrole nitrogens is 1. The van der Waals surface area contributed by atoms with Crippen molar-refractivity contribution >= 4 is 28.6 Å². The SMILES string of the molecule is Cc1cccc2[nH]cc(SC(CC(C)C)C(=O)N[C@H]3CC[C@H](O)CC3)c12. The summed E-state index contributed by atoms with van der Waals surface area (Å²) in [6, 6.07) is 6.45. The van der Waals surface area contributed by atoms with Crippen LogP contribution in [0.25, 0.3) is 10.9 Å². The van der Waals surface area contributed by atoms with Gasteiger partial charge in [0.1, 0.15) is 0 Å². The fraction of sp³-hybridized carbons (Fsp3) is 0.571. The minimum Gasteiger partial charge on any atom is -0.393 e. The third-order valence-corrected chi connectivity index (χ3v) is 6.44. The number of thioether (sulfide) groups is 1. The standard InChI is InChI=1S/C21H30N2O2S/c1-13(2)11-18(21(25)23-15-7-9-16(24)10-8-15)26-19-12-22-17-6-4-5-14(3)20(17)19/h4-6,12-13,15-16,18,22,24H,7-11H2,1-3H3,(H,23,25)/t15-,16-,18?. The van der Waals surface area contributed by atoms with Gasteiger partial charge in [-0.25, -0.2) is 0 Å². The maximum atomic E-state index is 13.0. The number of nitrogens with one attached hydrogen (secondary N) is 2. The summed E-state index contributed by atoms with van der Waals surface area (Å²) >= 11 is 1.67. The zero-order chi connectivity index (χ0) is 18.7. The van der Waals surface area contributed by atoms with E-state index in [1.54, 1.807) is 11.8 Å². The van der Waals surface area contributed by atoms with Crippen LogP contribution in [-0.2, 0) is 4.79 Å². The molecule has 0 bridgehead atoms. The Balaban J connectivity index is 1.74. The van der Waals surface area contributed by atoms with Gasteiger partial charge in [0.25, 0.3) is 0 Å². The third-order valence-electron chi connectivity index (χ3n) is 5.17. The van der Waals surface area contributed by atoms with E-state index in [0.29, 0.717) is 5.92 Å². The Kier molecular flexibility index (Phi) is 6.30. The molecule has 4 nitrogen and oxygen atoms in total. The molecule has 1 unspecified atom stereocenters. The van der Waals surface area contributed by atoms with Gasteiger partial charge in [-0.2, -0.15) is 0 Å². The summed E-state index contributed by atoms with van der Waals surface area (Å²) in [7, 11) is 0. The van der Waals surface area contributed by atoms with Crippen LogP contribution < -0.4 is 5.32 Å². The Morgan fingerprint density at radius 2 is 2.04 bits per heavy atom. The molecule has 1 atom stereocenters. The van der Waals surface area contributed by atoms with Crippen molar-refractivity contribution in [1.29, 1.82) is 0 Å². The number of hydrogen-bond donors (Lipinski definition) is 3. The van der Waals surface area contributed by atoms with E-state index in [1.165, 1.54) is 10.9 Å². The fourth-order valence-electron chi connectivity index (χ4n) is 3.73. The minimum atomic E-state index is -0.196. The highest BCUT2D eigenvalue weighted by molar-refractivity contribution is 8.00. The van der Waals surface area contributed by atoms with Crippen molar-refractivity contribution in [3.63, 3.8) is 0 Å². The van der Waals surface area contributed by atoms with E-state index in [0.717, 1.165) is 42.5 Å². The molecule has 142 valence electrons. The lowest BCUT2D eigenvalue weighted by atomic mass is 9.93. The number of fused-ring (bicyclic) bond motifs is 1. The largest absolute Gasteiger partial charge is 0.393 e. The number of aliphatic hydroxyl groups is 1. The van der Waals surface area contributed by atoms with Crippen LogP contribution >= 0.6 is 11.8 Å². The monoisotopic (exact) mass is 374 g/mol. The van der Waals surface area contributed by atoms with Crippen molar-refractivity contribution in [2.75, 3.05) is 0 Å². The molecule has 3 N–H and O–H groups in total. The second-order valence-electron chi connectivity index (χ2n) is 7.90. The van der Waals surface area contributed by atoms with Crippen LogP contribution in [0.1, 0.15) is 51.5 Å². The van der Waals surface area contributed by atoms with E-state index in [9.17, 15) is 9.90 Å². The summed E-state index contributed by atoms with van der Waals surface area (Å²) < 4.78 is 0. The first-order valence-corrected chi connectivity index (χ1v) is 10.5. The molecule has 1 aliphatic carbocycles. The normalized spacial score (nSPS) is 21.9. The molecule has 0 saturated heterocycles. The van der Waals surface area contributed by atoms with Gasteiger partial charge >= 0.3 is 0 Å². The maximum absolute atomic E-state index is 13.0. The lowest BCUT2D eigenvalue weighted by molar-refractivity contribution is -0.121. The molecule has 1 saturated carbocycles. The Morgan fingerprint density at radius 1 is 1.31 bits per heavy atom. The van der Waals surface area contributed by atoms with Crippen LogP contribution in [-0.4, -0.2) is 33.4 Å². The number of hydrogen-bond acceptors (Lipinski definition) is 3. The number of rotatable bonds is 6. The molecule has 0 aliphatic heterocycles. The number of aryl methyl sites for hydroxylation is 1. The van der Waals surface area contributed by atoms with Gasteiger partial charge in [0.15, 0.2) is 0 Å². The Bertz CT molecular complexity index is 748. The average Bonchev–Trinajstić information content (AvgIpc) is 3.00. The maximum Gasteiger partial charge on any atom is 0.233 e. The summed E-state index contributed by atoms with van der Waals surface area (Å²) in [4.78, 5) is 17.5. The molecule has 1 amide bonds. The Hall–Kier alpha value is -1.46. The second kappa shape index (κ2) is 8.49. The molecular weight excluding hydrogens is 344 g/mol. The van der Waals surface area contributed by atoms with Gasteiger partial charge in [0.2, 0.25) is 5.91 Å². The molecule has 1 fully saturated rings. The molecule has 3 rings (SSSR count). The highest BCUT2D eigenvalue weighted by Crippen LogP contribution is 2.35. The minimum absolute atomic E-state index is 0.0968. The molecule has 1 heterocycles. The number of carbonyl (C=O) groups is 1. The zero-order valence-electron chi connectivity index (χ0n) is 15.9. The quantitative estimate of drug-likeness (QED) is 0.657. The topological polar surface area (TPSA) is 65.1 Å². The van der Waals surface area contributed by atoms with E-state index < -0.39 is 0 Å². The summed E-state index contributed by atoms with van der Waals surface area (Å²) in [5, 5.41) is 14.0. The van der Waals surface area contributed by atoms with E-state index in [2.05, 4.69) is 49.3 Å². The molecule has 1 aromatic heterocycles. The van der Waals surface area contributed by atoms with Crippen LogP contribution in [0, 0.1) is 12.8 Å². The first-order chi connectivity index (χ1) is 12.4. The van der Waals surface area contributed by atoms with Gasteiger partial charge in [-0.05, 0) is 56.6 Å². The van der Waals surface area contributed by atoms with Crippen molar-refractivity contribution in [3.8, 4) is 0 Å². The molecule has 0 spiro atoms. The van der Waals surface area contributed by atoms with E-state index in [4.69, 9.17) is 0 Å². The van der Waals surface area contributed by atoms with Gasteiger partial charge < -0.3 is 15.4 Å². The lowest BCUT2D eigenvalue weighted by Crippen LogP contribution is -2.43. The molecular formula is C21H30N2O2S. The summed E-state index contributed by atoms with van der Waals surface area (Å²) in [5.41, 5.74) is 2.36. The van der Waals surface area contributed by atoms with E-state index in [1.807, 2.05) is 6.20 Å². The highest BCUT2D eigenvalue weighted by atomic mass is 32.2. The first-order valence-electron chi connectivity index (χ1n) is 9.66. The molecule has 1 aromatic carbocycles. The summed E-state index contributed by atoms with van der Waals surface area (Å²) in [6.45, 7) is 6.45. The van der Waals surface area contributed by atoms with Crippen molar-refractivity contribution in [2.45, 2.75) is 75.2 Å². The van der Waals surface area contributed by atoms with Gasteiger partial charge in [0.05, 0.1) is 11.4 Å². The van der Waals surface area contributed by atoms with Crippen LogP contribution in [0.15, 0.2) is 29.3 Å². The summed E-state index contributed by atoms with van der Waals surface area (Å²) in [5.74, 6) is 0.589. The van der Waals surface area contributed by atoms with E-state index >= 15 is 0 Å². The van der Waals surface area contributed by atoms with Gasteiger partial charge in [-0.1, -0.05) is 26.0 Å². The average molecular weight is 375 g/mol.